The van der Waals surface area contributed by atoms with Gasteiger partial charge in [0.25, 0.3) is 5.91 Å². The van der Waals surface area contributed by atoms with Crippen LogP contribution in [0.4, 0.5) is 4.39 Å². The number of aliphatic hydroxyl groups is 1. The molecule has 98 valence electrons. The molecular formula is C12H16FN3O2. The maximum atomic E-state index is 13.4. The molecule has 0 spiro atoms. The average Bonchev–Trinajstić information content (AvgIpc) is 2.97. The average molecular weight is 253 g/mol. The van der Waals surface area contributed by atoms with Gasteiger partial charge in [-0.15, -0.1) is 0 Å². The Hall–Kier alpha value is -1.43. The van der Waals surface area contributed by atoms with Crippen molar-refractivity contribution in [2.75, 3.05) is 13.2 Å². The summed E-state index contributed by atoms with van der Waals surface area (Å²) in [7, 11) is 0. The Bertz CT molecular complexity index is 458. The Morgan fingerprint density at radius 3 is 3.06 bits per heavy atom. The zero-order valence-electron chi connectivity index (χ0n) is 9.97. The molecule has 0 unspecified atom stereocenters. The molecular weight excluding hydrogens is 237 g/mol. The summed E-state index contributed by atoms with van der Waals surface area (Å²) in [5.74, 6) is 0.174. The van der Waals surface area contributed by atoms with Gasteiger partial charge in [-0.2, -0.15) is 5.10 Å². The van der Waals surface area contributed by atoms with E-state index in [1.54, 1.807) is 0 Å². The minimum absolute atomic E-state index is 0.0688. The molecule has 2 fully saturated rings. The van der Waals surface area contributed by atoms with E-state index in [9.17, 15) is 14.3 Å². The number of alkyl halides is 1. The molecule has 3 rings (SSSR count). The molecule has 2 N–H and O–H groups in total. The number of rotatable bonds is 3. The molecule has 1 aliphatic carbocycles. The first kappa shape index (κ1) is 11.6. The van der Waals surface area contributed by atoms with Crippen LogP contribution in [-0.2, 0) is 0 Å². The molecule has 2 heterocycles. The van der Waals surface area contributed by atoms with Gasteiger partial charge in [0, 0.05) is 12.3 Å². The third-order valence-electron chi connectivity index (χ3n) is 3.72. The van der Waals surface area contributed by atoms with Crippen LogP contribution in [0.2, 0.25) is 0 Å². The number of nitrogens with one attached hydrogen (secondary N) is 1. The molecule has 1 amide bonds. The Kier molecular flexibility index (Phi) is 2.81. The lowest BCUT2D eigenvalue weighted by molar-refractivity contribution is 0.0672. The first-order chi connectivity index (χ1) is 8.70. The second kappa shape index (κ2) is 4.35. The fraction of sp³-hybridized carbons (Fsp3) is 0.667. The van der Waals surface area contributed by atoms with E-state index in [2.05, 4.69) is 10.2 Å². The van der Waals surface area contributed by atoms with Gasteiger partial charge < -0.3 is 10.0 Å². The molecule has 0 radical (unpaired) electrons. The number of aromatic nitrogens is 2. The van der Waals surface area contributed by atoms with Crippen LogP contribution in [0.5, 0.6) is 0 Å². The van der Waals surface area contributed by atoms with Gasteiger partial charge in [-0.05, 0) is 12.8 Å². The minimum Gasteiger partial charge on any atom is -0.394 e. The van der Waals surface area contributed by atoms with Crippen LogP contribution < -0.4 is 0 Å². The molecule has 1 aliphatic heterocycles. The largest absolute Gasteiger partial charge is 0.394 e. The van der Waals surface area contributed by atoms with Crippen molar-refractivity contribution in [2.24, 2.45) is 0 Å². The fourth-order valence-electron chi connectivity index (χ4n) is 2.59. The molecule has 1 saturated carbocycles. The highest BCUT2D eigenvalue weighted by Gasteiger charge is 2.38. The standard InChI is InChI=1S/C12H16FN3O2/c13-8-3-9(6-17)16(5-8)12(18)10-4-14-15-11(10)7-1-2-7/h4,7-9,17H,1-3,5-6H2,(H,14,15)/t8-,9-/m0/s1. The number of carbonyl (C=O) groups excluding carboxylic acids is 1. The van der Waals surface area contributed by atoms with Crippen molar-refractivity contribution < 1.29 is 14.3 Å². The second-order valence-corrected chi connectivity index (χ2v) is 5.10. The van der Waals surface area contributed by atoms with Crippen LogP contribution in [0.25, 0.3) is 0 Å². The fourth-order valence-corrected chi connectivity index (χ4v) is 2.59. The van der Waals surface area contributed by atoms with Gasteiger partial charge in [-0.1, -0.05) is 0 Å². The number of carbonyl (C=O) groups is 1. The minimum atomic E-state index is -1.04. The molecule has 1 aromatic heterocycles. The van der Waals surface area contributed by atoms with Crippen LogP contribution in [-0.4, -0.2) is 51.5 Å². The predicted molar refractivity (Wildman–Crippen MR) is 62.0 cm³/mol. The number of H-pyrrole nitrogens is 1. The van der Waals surface area contributed by atoms with E-state index >= 15 is 0 Å². The molecule has 18 heavy (non-hydrogen) atoms. The molecule has 0 bridgehead atoms. The Morgan fingerprint density at radius 2 is 2.39 bits per heavy atom. The topological polar surface area (TPSA) is 69.2 Å². The summed E-state index contributed by atoms with van der Waals surface area (Å²) in [6.45, 7) is -0.123. The van der Waals surface area contributed by atoms with Gasteiger partial charge in [0.1, 0.15) is 6.17 Å². The molecule has 6 heteroatoms. The summed E-state index contributed by atoms with van der Waals surface area (Å²) in [5.41, 5.74) is 1.39. The van der Waals surface area contributed by atoms with Crippen LogP contribution >= 0.6 is 0 Å². The van der Waals surface area contributed by atoms with E-state index < -0.39 is 12.2 Å². The van der Waals surface area contributed by atoms with Gasteiger partial charge in [-0.25, -0.2) is 4.39 Å². The Balaban J connectivity index is 1.83. The summed E-state index contributed by atoms with van der Waals surface area (Å²) in [6.07, 6.45) is 2.83. The third kappa shape index (κ3) is 1.90. The molecule has 5 nitrogen and oxygen atoms in total. The van der Waals surface area contributed by atoms with Crippen molar-refractivity contribution in [3.63, 3.8) is 0 Å². The van der Waals surface area contributed by atoms with Crippen LogP contribution in [0.1, 0.15) is 41.2 Å². The molecule has 1 aromatic rings. The third-order valence-corrected chi connectivity index (χ3v) is 3.72. The van der Waals surface area contributed by atoms with E-state index in [0.717, 1.165) is 18.5 Å². The van der Waals surface area contributed by atoms with Gasteiger partial charge in [0.05, 0.1) is 36.6 Å². The summed E-state index contributed by atoms with van der Waals surface area (Å²) < 4.78 is 13.4. The van der Waals surface area contributed by atoms with E-state index in [-0.39, 0.29) is 25.5 Å². The van der Waals surface area contributed by atoms with Crippen molar-refractivity contribution in [1.29, 1.82) is 0 Å². The van der Waals surface area contributed by atoms with Crippen LogP contribution in [0, 0.1) is 0 Å². The molecule has 2 aliphatic rings. The summed E-state index contributed by atoms with van der Waals surface area (Å²) in [6, 6.07) is -0.408. The maximum Gasteiger partial charge on any atom is 0.257 e. The number of aromatic amines is 1. The number of aliphatic hydroxyl groups excluding tert-OH is 1. The number of nitrogens with zero attached hydrogens (tertiary/aromatic N) is 2. The SMILES string of the molecule is O=C(c1cn[nH]c1C1CC1)N1C[C@@H](F)C[C@H]1CO. The summed E-state index contributed by atoms with van der Waals surface area (Å²) in [5, 5.41) is 16.0. The normalized spacial score (nSPS) is 27.8. The number of hydrogen-bond donors (Lipinski definition) is 2. The second-order valence-electron chi connectivity index (χ2n) is 5.10. The van der Waals surface area contributed by atoms with Gasteiger partial charge in [0.2, 0.25) is 0 Å². The Labute approximate surface area is 104 Å². The van der Waals surface area contributed by atoms with Gasteiger partial charge in [0.15, 0.2) is 0 Å². The van der Waals surface area contributed by atoms with Crippen molar-refractivity contribution in [3.05, 3.63) is 17.5 Å². The van der Waals surface area contributed by atoms with Crippen LogP contribution in [0.15, 0.2) is 6.20 Å². The van der Waals surface area contributed by atoms with E-state index in [0.29, 0.717) is 11.5 Å². The summed E-state index contributed by atoms with van der Waals surface area (Å²) >= 11 is 0. The monoisotopic (exact) mass is 253 g/mol. The van der Waals surface area contributed by atoms with Crippen molar-refractivity contribution >= 4 is 5.91 Å². The lowest BCUT2D eigenvalue weighted by Crippen LogP contribution is -2.38. The van der Waals surface area contributed by atoms with Crippen molar-refractivity contribution in [1.82, 2.24) is 15.1 Å². The number of amides is 1. The zero-order chi connectivity index (χ0) is 12.7. The zero-order valence-corrected chi connectivity index (χ0v) is 9.97. The maximum absolute atomic E-state index is 13.4. The molecule has 0 aromatic carbocycles. The highest BCUT2D eigenvalue weighted by molar-refractivity contribution is 5.95. The highest BCUT2D eigenvalue weighted by atomic mass is 19.1. The lowest BCUT2D eigenvalue weighted by atomic mass is 10.1. The van der Waals surface area contributed by atoms with Gasteiger partial charge in [-0.3, -0.25) is 9.89 Å². The van der Waals surface area contributed by atoms with Crippen molar-refractivity contribution in [2.45, 2.75) is 37.4 Å². The Morgan fingerprint density at radius 1 is 1.61 bits per heavy atom. The van der Waals surface area contributed by atoms with E-state index in [4.69, 9.17) is 0 Å². The lowest BCUT2D eigenvalue weighted by Gasteiger charge is -2.22. The van der Waals surface area contributed by atoms with Gasteiger partial charge >= 0.3 is 0 Å². The number of halogens is 1. The predicted octanol–water partition coefficient (Wildman–Crippen LogP) is 0.832. The van der Waals surface area contributed by atoms with E-state index in [1.807, 2.05) is 0 Å². The quantitative estimate of drug-likeness (QED) is 0.838. The smallest absolute Gasteiger partial charge is 0.257 e. The number of likely N-dealkylation sites (tertiary alicyclic amines) is 1. The highest BCUT2D eigenvalue weighted by Crippen LogP contribution is 2.41. The molecule has 1 saturated heterocycles. The molecule has 2 atom stereocenters. The van der Waals surface area contributed by atoms with Crippen LogP contribution in [0.3, 0.4) is 0 Å². The summed E-state index contributed by atoms with van der Waals surface area (Å²) in [4.78, 5) is 13.8. The first-order valence-corrected chi connectivity index (χ1v) is 6.30. The number of hydrogen-bond acceptors (Lipinski definition) is 3. The van der Waals surface area contributed by atoms with Crippen molar-refractivity contribution in [3.8, 4) is 0 Å². The first-order valence-electron chi connectivity index (χ1n) is 6.30. The van der Waals surface area contributed by atoms with E-state index in [1.165, 1.54) is 11.1 Å².